The third kappa shape index (κ3) is 5.53. The van der Waals surface area contributed by atoms with E-state index in [-0.39, 0.29) is 29.4 Å². The summed E-state index contributed by atoms with van der Waals surface area (Å²) < 4.78 is 79.7. The Kier molecular flexibility index (Phi) is 7.46. The minimum atomic E-state index is -5.05. The number of alkyl halides is 6. The molecule has 0 aliphatic heterocycles. The summed E-state index contributed by atoms with van der Waals surface area (Å²) in [6, 6.07) is 23.3. The van der Waals surface area contributed by atoms with Gasteiger partial charge in [-0.05, 0) is 65.9 Å². The quantitative estimate of drug-likeness (QED) is 0.182. The van der Waals surface area contributed by atoms with E-state index in [1.54, 1.807) is 11.4 Å². The Labute approximate surface area is 274 Å². The Morgan fingerprint density at radius 2 is 1.35 bits per heavy atom. The fraction of sp³-hybridized carbons (Fsp3) is 0.194. The third-order valence-corrected chi connectivity index (χ3v) is 9.90. The summed E-state index contributed by atoms with van der Waals surface area (Å²) in [6.45, 7) is 1.98. The molecular formula is C36H25F6N3O2S. The van der Waals surface area contributed by atoms with Crippen molar-refractivity contribution in [1.29, 1.82) is 0 Å². The summed E-state index contributed by atoms with van der Waals surface area (Å²) in [6.07, 6.45) is -9.48. The van der Waals surface area contributed by atoms with Crippen LogP contribution < -0.4 is 10.6 Å². The molecule has 244 valence electrons. The second-order valence-electron chi connectivity index (χ2n) is 12.2. The lowest BCUT2D eigenvalue weighted by molar-refractivity contribution is -0.143. The Morgan fingerprint density at radius 1 is 0.771 bits per heavy atom. The predicted octanol–water partition coefficient (Wildman–Crippen LogP) is 9.73. The number of amides is 2. The van der Waals surface area contributed by atoms with E-state index in [0.29, 0.717) is 34.9 Å². The van der Waals surface area contributed by atoms with E-state index in [0.717, 1.165) is 11.1 Å². The first kappa shape index (κ1) is 31.6. The van der Waals surface area contributed by atoms with Gasteiger partial charge in [0.2, 0.25) is 5.91 Å². The fourth-order valence-corrected chi connectivity index (χ4v) is 7.66. The number of carbonyl (C=O) groups excluding carboxylic acids is 2. The first-order valence-corrected chi connectivity index (χ1v) is 15.8. The summed E-state index contributed by atoms with van der Waals surface area (Å²) in [5, 5.41) is 7.18. The summed E-state index contributed by atoms with van der Waals surface area (Å²) in [4.78, 5) is 31.5. The van der Waals surface area contributed by atoms with Crippen molar-refractivity contribution in [2.45, 2.75) is 37.5 Å². The zero-order chi connectivity index (χ0) is 34.0. The van der Waals surface area contributed by atoms with Crippen LogP contribution in [0.15, 0.2) is 96.4 Å². The summed E-state index contributed by atoms with van der Waals surface area (Å²) in [7, 11) is 0. The molecule has 48 heavy (non-hydrogen) atoms. The predicted molar refractivity (Wildman–Crippen MR) is 170 cm³/mol. The largest absolute Gasteiger partial charge is 0.416 e. The maximum Gasteiger partial charge on any atom is 0.416 e. The second kappa shape index (κ2) is 11.3. The average Bonchev–Trinajstić information content (AvgIpc) is 3.52. The van der Waals surface area contributed by atoms with Crippen molar-refractivity contribution < 1.29 is 35.9 Å². The van der Waals surface area contributed by atoms with Crippen molar-refractivity contribution in [3.8, 4) is 11.3 Å². The van der Waals surface area contributed by atoms with Gasteiger partial charge in [0, 0.05) is 34.0 Å². The number of nitrogens with zero attached hydrogens (tertiary/aromatic N) is 1. The van der Waals surface area contributed by atoms with E-state index in [1.165, 1.54) is 40.7 Å². The number of nitrogens with one attached hydrogen (secondary N) is 2. The number of thiazole rings is 1. The number of hydrogen-bond acceptors (Lipinski definition) is 4. The molecule has 5 aromatic rings. The molecule has 3 aliphatic rings. The fourth-order valence-electron chi connectivity index (χ4n) is 6.94. The molecule has 1 atom stereocenters. The van der Waals surface area contributed by atoms with Gasteiger partial charge >= 0.3 is 12.4 Å². The minimum absolute atomic E-state index is 0.00807. The lowest BCUT2D eigenvalue weighted by Crippen LogP contribution is -2.47. The number of anilines is 2. The van der Waals surface area contributed by atoms with Crippen molar-refractivity contribution in [2.24, 2.45) is 5.41 Å². The molecule has 0 spiro atoms. The maximum absolute atomic E-state index is 14.0. The van der Waals surface area contributed by atoms with Crippen LogP contribution >= 0.6 is 11.3 Å². The lowest BCUT2D eigenvalue weighted by Gasteiger charge is -2.50. The summed E-state index contributed by atoms with van der Waals surface area (Å²) in [5.41, 5.74) is 1.14. The molecule has 1 aromatic heterocycles. The Balaban J connectivity index is 1.11. The molecule has 1 unspecified atom stereocenters. The standard InChI is InChI=1S/C36H25F6N3O2S/c1-34(17-28-24-9-2-4-11-26(24)30(34)27-12-5-3-10-25(27)28)32(47)45-33-44-29(18-48-33)19-7-6-8-20(13-19)31(46)43-23-15-21(35(37,38)39)14-22(16-23)36(40,41)42/h2-16,18,28,30H,17H2,1H3,(H,43,46)(H,44,45,47). The number of benzene rings is 4. The topological polar surface area (TPSA) is 71.1 Å². The first-order valence-electron chi connectivity index (χ1n) is 14.9. The number of hydrogen-bond donors (Lipinski definition) is 2. The van der Waals surface area contributed by atoms with Crippen LogP contribution in [0, 0.1) is 5.41 Å². The molecule has 3 aliphatic carbocycles. The molecular weight excluding hydrogens is 652 g/mol. The van der Waals surface area contributed by atoms with E-state index >= 15 is 0 Å². The highest BCUT2D eigenvalue weighted by molar-refractivity contribution is 7.14. The zero-order valence-electron chi connectivity index (χ0n) is 25.0. The molecule has 0 saturated heterocycles. The monoisotopic (exact) mass is 677 g/mol. The molecule has 2 bridgehead atoms. The molecule has 8 rings (SSSR count). The second-order valence-corrected chi connectivity index (χ2v) is 13.0. The van der Waals surface area contributed by atoms with Crippen molar-refractivity contribution in [1.82, 2.24) is 4.98 Å². The van der Waals surface area contributed by atoms with Crippen molar-refractivity contribution in [2.75, 3.05) is 10.6 Å². The van der Waals surface area contributed by atoms with Gasteiger partial charge in [-0.2, -0.15) is 26.3 Å². The smallest absolute Gasteiger partial charge is 0.322 e. The molecule has 0 saturated carbocycles. The number of aromatic nitrogens is 1. The van der Waals surface area contributed by atoms with E-state index in [2.05, 4.69) is 39.9 Å². The van der Waals surface area contributed by atoms with Gasteiger partial charge in [0.15, 0.2) is 5.13 Å². The number of rotatable bonds is 5. The van der Waals surface area contributed by atoms with Gasteiger partial charge in [-0.15, -0.1) is 11.3 Å². The number of halogens is 6. The normalized spacial score (nSPS) is 19.7. The maximum atomic E-state index is 14.0. The van der Waals surface area contributed by atoms with Crippen LogP contribution in [0.1, 0.15) is 68.9 Å². The van der Waals surface area contributed by atoms with Gasteiger partial charge in [-0.1, -0.05) is 60.7 Å². The van der Waals surface area contributed by atoms with Crippen LogP contribution in [-0.2, 0) is 17.1 Å². The molecule has 2 amide bonds. The number of fused-ring (bicyclic) bond motifs is 1. The van der Waals surface area contributed by atoms with Gasteiger partial charge in [0.05, 0.1) is 22.2 Å². The van der Waals surface area contributed by atoms with E-state index in [1.807, 2.05) is 31.2 Å². The molecule has 12 heteroatoms. The molecule has 4 aromatic carbocycles. The zero-order valence-corrected chi connectivity index (χ0v) is 25.9. The van der Waals surface area contributed by atoms with Crippen molar-refractivity contribution >= 4 is 34.0 Å². The third-order valence-electron chi connectivity index (χ3n) is 9.14. The Bertz CT molecular complexity index is 2010. The van der Waals surface area contributed by atoms with E-state index in [9.17, 15) is 35.9 Å². The molecule has 0 fully saturated rings. The van der Waals surface area contributed by atoms with Gasteiger partial charge < -0.3 is 10.6 Å². The minimum Gasteiger partial charge on any atom is -0.322 e. The van der Waals surface area contributed by atoms with Gasteiger partial charge in [-0.25, -0.2) is 4.98 Å². The average molecular weight is 678 g/mol. The summed E-state index contributed by atoms with van der Waals surface area (Å²) in [5.74, 6) is -1.15. The van der Waals surface area contributed by atoms with Crippen LogP contribution in [0.3, 0.4) is 0 Å². The van der Waals surface area contributed by atoms with Gasteiger partial charge in [0.25, 0.3) is 5.91 Å². The van der Waals surface area contributed by atoms with E-state index < -0.39 is 40.5 Å². The van der Waals surface area contributed by atoms with Crippen LogP contribution in [-0.4, -0.2) is 16.8 Å². The van der Waals surface area contributed by atoms with E-state index in [4.69, 9.17) is 0 Å². The highest BCUT2D eigenvalue weighted by Gasteiger charge is 2.54. The Morgan fingerprint density at radius 3 is 1.94 bits per heavy atom. The molecule has 0 radical (unpaired) electrons. The van der Waals surface area contributed by atoms with Gasteiger partial charge in [0.1, 0.15) is 0 Å². The first-order chi connectivity index (χ1) is 22.7. The highest BCUT2D eigenvalue weighted by Crippen LogP contribution is 2.61. The Hall–Kier alpha value is -4.97. The number of carbonyl (C=O) groups is 2. The molecule has 1 heterocycles. The van der Waals surface area contributed by atoms with Gasteiger partial charge in [-0.3, -0.25) is 9.59 Å². The van der Waals surface area contributed by atoms with Crippen LogP contribution in [0.4, 0.5) is 37.2 Å². The van der Waals surface area contributed by atoms with Crippen LogP contribution in [0.5, 0.6) is 0 Å². The lowest BCUT2D eigenvalue weighted by atomic mass is 9.52. The molecule has 5 nitrogen and oxygen atoms in total. The summed E-state index contributed by atoms with van der Waals surface area (Å²) >= 11 is 1.19. The van der Waals surface area contributed by atoms with Crippen molar-refractivity contribution in [3.63, 3.8) is 0 Å². The van der Waals surface area contributed by atoms with Crippen LogP contribution in [0.2, 0.25) is 0 Å². The highest BCUT2D eigenvalue weighted by atomic mass is 32.1. The van der Waals surface area contributed by atoms with Crippen LogP contribution in [0.25, 0.3) is 11.3 Å². The molecule has 2 N–H and O–H groups in total. The SMILES string of the molecule is CC1(C(=O)Nc2nc(-c3cccc(C(=O)Nc4cc(C(F)(F)F)cc(C(F)(F)F)c4)c3)cs2)CC2c3ccccc3C1c1ccccc12. The van der Waals surface area contributed by atoms with Crippen molar-refractivity contribution in [3.05, 3.63) is 135 Å².